The lowest BCUT2D eigenvalue weighted by Crippen LogP contribution is -2.15. The van der Waals surface area contributed by atoms with Crippen LogP contribution in [0.3, 0.4) is 0 Å². The Hall–Kier alpha value is -4.48. The number of hydrogen-bond donors (Lipinski definition) is 1. The zero-order chi connectivity index (χ0) is 25.4. The van der Waals surface area contributed by atoms with Crippen molar-refractivity contribution in [2.75, 3.05) is 7.11 Å². The molecule has 0 saturated carbocycles. The summed E-state index contributed by atoms with van der Waals surface area (Å²) in [5.74, 6) is 1.06. The number of alkyl halides is 3. The summed E-state index contributed by atoms with van der Waals surface area (Å²) in [5.41, 5.74) is 0.541. The number of ether oxygens (including phenoxy) is 1. The van der Waals surface area contributed by atoms with Crippen molar-refractivity contribution in [3.05, 3.63) is 87.8 Å². The first-order valence-corrected chi connectivity index (χ1v) is 10.8. The van der Waals surface area contributed by atoms with E-state index in [2.05, 4.69) is 25.3 Å². The number of aromatic amines is 1. The lowest BCUT2D eigenvalue weighted by Gasteiger charge is -2.15. The number of methoxy groups -OCH3 is 1. The predicted octanol–water partition coefficient (Wildman–Crippen LogP) is 4.40. The molecule has 0 aliphatic heterocycles. The summed E-state index contributed by atoms with van der Waals surface area (Å²) in [6, 6.07) is 11.5. The zero-order valence-electron chi connectivity index (χ0n) is 19.1. The molecule has 1 atom stereocenters. The van der Waals surface area contributed by atoms with E-state index in [0.29, 0.717) is 23.6 Å². The molecule has 0 fully saturated rings. The Bertz CT molecular complexity index is 1570. The Morgan fingerprint density at radius 3 is 2.61 bits per heavy atom. The van der Waals surface area contributed by atoms with Crippen LogP contribution in [0.5, 0.6) is 5.75 Å². The minimum atomic E-state index is -4.45. The summed E-state index contributed by atoms with van der Waals surface area (Å²) in [6.45, 7) is 1.75. The summed E-state index contributed by atoms with van der Waals surface area (Å²) >= 11 is 0. The number of hydrogen-bond acceptors (Lipinski definition) is 7. The number of aromatic nitrogens is 6. The van der Waals surface area contributed by atoms with E-state index < -0.39 is 23.3 Å². The Balaban J connectivity index is 1.63. The van der Waals surface area contributed by atoms with Crippen LogP contribution in [0, 0.1) is 0 Å². The summed E-state index contributed by atoms with van der Waals surface area (Å²) in [4.78, 5) is 20.6. The largest absolute Gasteiger partial charge is 0.497 e. The van der Waals surface area contributed by atoms with Gasteiger partial charge in [-0.1, -0.05) is 24.3 Å². The molecule has 36 heavy (non-hydrogen) atoms. The predicted molar refractivity (Wildman–Crippen MR) is 122 cm³/mol. The van der Waals surface area contributed by atoms with Gasteiger partial charge >= 0.3 is 6.18 Å². The fourth-order valence-corrected chi connectivity index (χ4v) is 3.94. The van der Waals surface area contributed by atoms with Crippen LogP contribution in [0.2, 0.25) is 0 Å². The maximum atomic E-state index is 13.2. The van der Waals surface area contributed by atoms with Gasteiger partial charge in [-0.3, -0.25) is 4.79 Å². The first-order chi connectivity index (χ1) is 17.2. The van der Waals surface area contributed by atoms with Gasteiger partial charge in [0.25, 0.3) is 11.4 Å². The van der Waals surface area contributed by atoms with E-state index in [4.69, 9.17) is 9.15 Å². The maximum absolute atomic E-state index is 13.2. The van der Waals surface area contributed by atoms with Gasteiger partial charge in [-0.2, -0.15) is 18.3 Å². The highest BCUT2D eigenvalue weighted by molar-refractivity contribution is 5.88. The first kappa shape index (κ1) is 23.3. The van der Waals surface area contributed by atoms with Crippen LogP contribution in [0.1, 0.15) is 35.5 Å². The van der Waals surface area contributed by atoms with Crippen LogP contribution in [-0.4, -0.2) is 37.1 Å². The third-order valence-electron chi connectivity index (χ3n) is 5.77. The maximum Gasteiger partial charge on any atom is 0.416 e. The summed E-state index contributed by atoms with van der Waals surface area (Å²) in [5, 5.41) is 12.2. The van der Waals surface area contributed by atoms with Gasteiger partial charge in [0.15, 0.2) is 11.3 Å². The molecule has 9 nitrogen and oxygen atoms in total. The monoisotopic (exact) mass is 496 g/mol. The minimum Gasteiger partial charge on any atom is -0.497 e. The molecule has 3 aromatic heterocycles. The second kappa shape index (κ2) is 8.95. The standard InChI is InChI=1S/C24H19F3N6O3/c1-13(15-6-8-16(9-7-15)24(25,26)27)33-21-19(20(32-33)23-31-28-12-36-23)22(34)30-18(29-21)11-14-4-3-5-17(10-14)35-2/h3-10,12-13H,11H2,1-2H3,(H,29,30,34). The topological polar surface area (TPSA) is 112 Å². The molecular weight excluding hydrogens is 477 g/mol. The molecule has 0 aliphatic rings. The van der Waals surface area contributed by atoms with Crippen molar-refractivity contribution in [1.29, 1.82) is 0 Å². The number of benzene rings is 2. The molecule has 5 rings (SSSR count). The number of nitrogens with one attached hydrogen (secondary N) is 1. The minimum absolute atomic E-state index is 0.0196. The zero-order valence-corrected chi connectivity index (χ0v) is 19.1. The van der Waals surface area contributed by atoms with Gasteiger partial charge in [-0.25, -0.2) is 9.67 Å². The quantitative estimate of drug-likeness (QED) is 0.371. The van der Waals surface area contributed by atoms with Gasteiger partial charge in [0.05, 0.1) is 18.7 Å². The fraction of sp³-hybridized carbons (Fsp3) is 0.208. The lowest BCUT2D eigenvalue weighted by molar-refractivity contribution is -0.137. The number of nitrogens with zero attached hydrogens (tertiary/aromatic N) is 5. The Morgan fingerprint density at radius 2 is 1.94 bits per heavy atom. The van der Waals surface area contributed by atoms with Crippen LogP contribution < -0.4 is 10.3 Å². The van der Waals surface area contributed by atoms with Crippen molar-refractivity contribution in [1.82, 2.24) is 29.9 Å². The van der Waals surface area contributed by atoms with Crippen molar-refractivity contribution < 1.29 is 22.3 Å². The summed E-state index contributed by atoms with van der Waals surface area (Å²) < 4.78 is 51.1. The Labute approximate surface area is 201 Å². The number of fused-ring (bicyclic) bond motifs is 1. The molecule has 0 aliphatic carbocycles. The molecule has 1 unspecified atom stereocenters. The van der Waals surface area contributed by atoms with E-state index in [1.807, 2.05) is 18.2 Å². The average Bonchev–Trinajstić information content (AvgIpc) is 3.52. The van der Waals surface area contributed by atoms with E-state index in [1.165, 1.54) is 16.8 Å². The van der Waals surface area contributed by atoms with Crippen molar-refractivity contribution in [3.8, 4) is 17.3 Å². The molecule has 2 aromatic carbocycles. The highest BCUT2D eigenvalue weighted by Crippen LogP contribution is 2.32. The van der Waals surface area contributed by atoms with Gasteiger partial charge in [0.1, 0.15) is 17.0 Å². The molecule has 1 N–H and O–H groups in total. The van der Waals surface area contributed by atoms with E-state index in [-0.39, 0.29) is 22.6 Å². The van der Waals surface area contributed by atoms with Gasteiger partial charge in [-0.15, -0.1) is 10.2 Å². The molecule has 3 heterocycles. The van der Waals surface area contributed by atoms with Crippen LogP contribution in [-0.2, 0) is 12.6 Å². The molecule has 5 aromatic rings. The van der Waals surface area contributed by atoms with Crippen molar-refractivity contribution in [3.63, 3.8) is 0 Å². The summed E-state index contributed by atoms with van der Waals surface area (Å²) in [7, 11) is 1.56. The van der Waals surface area contributed by atoms with E-state index in [1.54, 1.807) is 20.1 Å². The normalized spacial score (nSPS) is 12.7. The van der Waals surface area contributed by atoms with E-state index in [9.17, 15) is 18.0 Å². The second-order valence-corrected chi connectivity index (χ2v) is 8.07. The highest BCUT2D eigenvalue weighted by Gasteiger charge is 2.30. The third kappa shape index (κ3) is 4.32. The fourth-order valence-electron chi connectivity index (χ4n) is 3.94. The van der Waals surface area contributed by atoms with Crippen LogP contribution in [0.15, 0.2) is 64.1 Å². The van der Waals surface area contributed by atoms with Gasteiger partial charge in [0.2, 0.25) is 6.39 Å². The van der Waals surface area contributed by atoms with Gasteiger partial charge in [0, 0.05) is 6.42 Å². The van der Waals surface area contributed by atoms with Crippen molar-refractivity contribution >= 4 is 11.0 Å². The molecule has 0 spiro atoms. The molecule has 0 radical (unpaired) electrons. The molecule has 0 amide bonds. The van der Waals surface area contributed by atoms with E-state index >= 15 is 0 Å². The average molecular weight is 496 g/mol. The van der Waals surface area contributed by atoms with Crippen LogP contribution in [0.4, 0.5) is 13.2 Å². The molecule has 0 saturated heterocycles. The third-order valence-corrected chi connectivity index (χ3v) is 5.77. The molecular formula is C24H19F3N6O3. The second-order valence-electron chi connectivity index (χ2n) is 8.07. The van der Waals surface area contributed by atoms with Gasteiger partial charge < -0.3 is 14.1 Å². The van der Waals surface area contributed by atoms with E-state index in [0.717, 1.165) is 24.1 Å². The molecule has 0 bridgehead atoms. The smallest absolute Gasteiger partial charge is 0.416 e. The molecule has 12 heteroatoms. The highest BCUT2D eigenvalue weighted by atomic mass is 19.4. The first-order valence-electron chi connectivity index (χ1n) is 10.8. The van der Waals surface area contributed by atoms with Crippen LogP contribution >= 0.6 is 0 Å². The Kier molecular flexibility index (Phi) is 5.78. The number of halogens is 3. The van der Waals surface area contributed by atoms with Crippen LogP contribution in [0.25, 0.3) is 22.6 Å². The number of H-pyrrole nitrogens is 1. The van der Waals surface area contributed by atoms with Gasteiger partial charge in [-0.05, 0) is 42.3 Å². The molecule has 184 valence electrons. The lowest BCUT2D eigenvalue weighted by atomic mass is 10.1. The summed E-state index contributed by atoms with van der Waals surface area (Å²) in [6.07, 6.45) is -3.04. The van der Waals surface area contributed by atoms with Crippen molar-refractivity contribution in [2.45, 2.75) is 25.6 Å². The SMILES string of the molecule is COc1cccc(Cc2nc3c(c(-c4nnco4)nn3C(C)c3ccc(C(F)(F)F)cc3)c(=O)[nH]2)c1. The van der Waals surface area contributed by atoms with Crippen molar-refractivity contribution in [2.24, 2.45) is 0 Å². The number of rotatable bonds is 6. The Morgan fingerprint density at radius 1 is 1.17 bits per heavy atom.